The maximum Gasteiger partial charge on any atom is 0.335 e. The number of imide groups is 2. The van der Waals surface area contributed by atoms with Crippen LogP contribution in [0.25, 0.3) is 27.6 Å². The van der Waals surface area contributed by atoms with Gasteiger partial charge in [-0.2, -0.15) is 0 Å². The number of barbiturate groups is 1. The first kappa shape index (κ1) is 18.8. The molecule has 0 atom stereocenters. The highest BCUT2D eigenvalue weighted by Gasteiger charge is 2.37. The van der Waals surface area contributed by atoms with E-state index < -0.39 is 17.8 Å². The minimum absolute atomic E-state index is 0.0793. The van der Waals surface area contributed by atoms with Crippen LogP contribution in [-0.4, -0.2) is 17.8 Å². The Bertz CT molecular complexity index is 1380. The Kier molecular flexibility index (Phi) is 4.37. The van der Waals surface area contributed by atoms with Gasteiger partial charge in [-0.3, -0.25) is 14.9 Å². The van der Waals surface area contributed by atoms with E-state index in [0.29, 0.717) is 5.69 Å². The van der Waals surface area contributed by atoms with Crippen LogP contribution in [0.5, 0.6) is 0 Å². The Morgan fingerprint density at radius 3 is 2.00 bits per heavy atom. The molecular formula is C26H18N2O3. The van der Waals surface area contributed by atoms with Crippen LogP contribution in [0.4, 0.5) is 10.5 Å². The van der Waals surface area contributed by atoms with Gasteiger partial charge in [0.15, 0.2) is 0 Å². The van der Waals surface area contributed by atoms with E-state index in [2.05, 4.69) is 11.4 Å². The van der Waals surface area contributed by atoms with Crippen LogP contribution in [0, 0.1) is 6.92 Å². The average molecular weight is 406 g/mol. The zero-order chi connectivity index (χ0) is 21.5. The fourth-order valence-corrected chi connectivity index (χ4v) is 4.04. The van der Waals surface area contributed by atoms with Crippen LogP contribution in [-0.2, 0) is 9.59 Å². The first-order chi connectivity index (χ1) is 15.0. The predicted octanol–water partition coefficient (Wildman–Crippen LogP) is 4.97. The lowest BCUT2D eigenvalue weighted by atomic mass is 9.94. The molecule has 0 radical (unpaired) electrons. The van der Waals surface area contributed by atoms with Crippen molar-refractivity contribution in [2.75, 3.05) is 4.90 Å². The number of hydrogen-bond acceptors (Lipinski definition) is 3. The van der Waals surface area contributed by atoms with E-state index in [-0.39, 0.29) is 5.57 Å². The van der Waals surface area contributed by atoms with Gasteiger partial charge in [-0.1, -0.05) is 66.7 Å². The van der Waals surface area contributed by atoms with Crippen molar-refractivity contribution in [2.45, 2.75) is 6.92 Å². The van der Waals surface area contributed by atoms with Crippen LogP contribution in [0.2, 0.25) is 0 Å². The third kappa shape index (κ3) is 3.07. The quantitative estimate of drug-likeness (QED) is 0.290. The normalized spacial score (nSPS) is 15.7. The minimum Gasteiger partial charge on any atom is -0.273 e. The first-order valence-electron chi connectivity index (χ1n) is 9.92. The van der Waals surface area contributed by atoms with Crippen molar-refractivity contribution in [2.24, 2.45) is 0 Å². The Balaban J connectivity index is 1.74. The van der Waals surface area contributed by atoms with Crippen molar-refractivity contribution in [3.05, 3.63) is 95.6 Å². The Morgan fingerprint density at radius 2 is 1.35 bits per heavy atom. The summed E-state index contributed by atoms with van der Waals surface area (Å²) < 4.78 is 0. The summed E-state index contributed by atoms with van der Waals surface area (Å²) >= 11 is 0. The molecule has 4 amide bonds. The number of carbonyl (C=O) groups is 3. The van der Waals surface area contributed by atoms with Gasteiger partial charge in [0.25, 0.3) is 11.8 Å². The summed E-state index contributed by atoms with van der Waals surface area (Å²) in [5.74, 6) is -1.34. The van der Waals surface area contributed by atoms with Crippen molar-refractivity contribution in [3.63, 3.8) is 0 Å². The molecule has 0 saturated carbocycles. The van der Waals surface area contributed by atoms with E-state index >= 15 is 0 Å². The SMILES string of the molecule is Cc1ccccc1N1C(=O)NC(=O)/C(=C\c2c3ccccc3cc3ccccc23)C1=O. The van der Waals surface area contributed by atoms with Gasteiger partial charge < -0.3 is 0 Å². The molecule has 0 aromatic heterocycles. The number of aryl methyl sites for hydroxylation is 1. The maximum atomic E-state index is 13.4. The van der Waals surface area contributed by atoms with E-state index in [0.717, 1.165) is 37.6 Å². The van der Waals surface area contributed by atoms with Crippen LogP contribution in [0.3, 0.4) is 0 Å². The third-order valence-electron chi connectivity index (χ3n) is 5.56. The van der Waals surface area contributed by atoms with E-state index in [1.54, 1.807) is 18.2 Å². The van der Waals surface area contributed by atoms with Crippen molar-refractivity contribution < 1.29 is 14.4 Å². The third-order valence-corrected chi connectivity index (χ3v) is 5.56. The fourth-order valence-electron chi connectivity index (χ4n) is 4.04. The molecule has 1 aliphatic rings. The Labute approximate surface area is 178 Å². The number of hydrogen-bond donors (Lipinski definition) is 1. The van der Waals surface area contributed by atoms with Crippen LogP contribution in [0.15, 0.2) is 84.4 Å². The lowest BCUT2D eigenvalue weighted by molar-refractivity contribution is -0.122. The second kappa shape index (κ2) is 7.22. The van der Waals surface area contributed by atoms with Gasteiger partial charge in [-0.05, 0) is 57.8 Å². The summed E-state index contributed by atoms with van der Waals surface area (Å²) in [6, 6.07) is 24.1. The highest BCUT2D eigenvalue weighted by molar-refractivity contribution is 6.39. The molecule has 1 heterocycles. The number of fused-ring (bicyclic) bond motifs is 2. The number of benzene rings is 4. The molecule has 0 unspecified atom stereocenters. The molecule has 1 N–H and O–H groups in total. The molecular weight excluding hydrogens is 388 g/mol. The summed E-state index contributed by atoms with van der Waals surface area (Å²) in [7, 11) is 0. The Hall–Kier alpha value is -4.25. The number of nitrogens with one attached hydrogen (secondary N) is 1. The Morgan fingerprint density at radius 1 is 0.774 bits per heavy atom. The summed E-state index contributed by atoms with van der Waals surface area (Å²) in [5, 5.41) is 6.17. The molecule has 1 aliphatic heterocycles. The van der Waals surface area contributed by atoms with Gasteiger partial charge in [0.05, 0.1) is 5.69 Å². The van der Waals surface area contributed by atoms with Crippen LogP contribution in [0.1, 0.15) is 11.1 Å². The number of amides is 4. The molecule has 0 spiro atoms. The van der Waals surface area contributed by atoms with Crippen molar-refractivity contribution in [3.8, 4) is 0 Å². The van der Waals surface area contributed by atoms with Crippen LogP contribution >= 0.6 is 0 Å². The van der Waals surface area contributed by atoms with Crippen molar-refractivity contribution in [1.82, 2.24) is 5.32 Å². The smallest absolute Gasteiger partial charge is 0.273 e. The molecule has 0 aliphatic carbocycles. The predicted molar refractivity (Wildman–Crippen MR) is 122 cm³/mol. The van der Waals surface area contributed by atoms with Gasteiger partial charge in [-0.25, -0.2) is 9.69 Å². The largest absolute Gasteiger partial charge is 0.335 e. The summed E-state index contributed by atoms with van der Waals surface area (Å²) in [5.41, 5.74) is 1.90. The number of anilines is 1. The maximum absolute atomic E-state index is 13.4. The molecule has 4 aromatic carbocycles. The van der Waals surface area contributed by atoms with Gasteiger partial charge >= 0.3 is 6.03 Å². The van der Waals surface area contributed by atoms with Gasteiger partial charge in [0.1, 0.15) is 5.57 Å². The van der Waals surface area contributed by atoms with Gasteiger partial charge in [0.2, 0.25) is 0 Å². The monoisotopic (exact) mass is 406 g/mol. The van der Waals surface area contributed by atoms with Crippen LogP contribution < -0.4 is 10.2 Å². The molecule has 1 saturated heterocycles. The zero-order valence-corrected chi connectivity index (χ0v) is 16.8. The number of nitrogens with zero attached hydrogens (tertiary/aromatic N) is 1. The summed E-state index contributed by atoms with van der Waals surface area (Å²) in [6.07, 6.45) is 1.60. The lowest BCUT2D eigenvalue weighted by Gasteiger charge is -2.27. The second-order valence-electron chi connectivity index (χ2n) is 7.48. The van der Waals surface area contributed by atoms with E-state index in [9.17, 15) is 14.4 Å². The topological polar surface area (TPSA) is 66.5 Å². The highest BCUT2D eigenvalue weighted by Crippen LogP contribution is 2.32. The number of urea groups is 1. The fraction of sp³-hybridized carbons (Fsp3) is 0.0385. The van der Waals surface area contributed by atoms with Gasteiger partial charge in [-0.15, -0.1) is 0 Å². The standard InChI is InChI=1S/C26H18N2O3/c1-16-8-2-7-13-23(16)28-25(30)22(24(29)27-26(28)31)15-21-19-11-5-3-9-17(19)14-18-10-4-6-12-20(18)21/h2-15H,1H3,(H,27,29,31)/b22-15+. The number of para-hydroxylation sites is 1. The molecule has 5 heteroatoms. The van der Waals surface area contributed by atoms with Gasteiger partial charge in [0, 0.05) is 0 Å². The molecule has 150 valence electrons. The van der Waals surface area contributed by atoms with E-state index in [1.807, 2.05) is 67.6 Å². The minimum atomic E-state index is -0.746. The molecule has 5 nitrogen and oxygen atoms in total. The van der Waals surface area contributed by atoms with E-state index in [1.165, 1.54) is 0 Å². The van der Waals surface area contributed by atoms with Crippen molar-refractivity contribution in [1.29, 1.82) is 0 Å². The summed E-state index contributed by atoms with van der Waals surface area (Å²) in [4.78, 5) is 39.6. The second-order valence-corrected chi connectivity index (χ2v) is 7.48. The molecule has 1 fully saturated rings. The van der Waals surface area contributed by atoms with Crippen molar-refractivity contribution >= 4 is 51.2 Å². The molecule has 0 bridgehead atoms. The highest BCUT2D eigenvalue weighted by atomic mass is 16.2. The zero-order valence-electron chi connectivity index (χ0n) is 16.8. The lowest BCUT2D eigenvalue weighted by Crippen LogP contribution is -2.54. The number of rotatable bonds is 2. The average Bonchev–Trinajstić information content (AvgIpc) is 2.77. The number of carbonyl (C=O) groups excluding carboxylic acids is 3. The first-order valence-corrected chi connectivity index (χ1v) is 9.92. The molecule has 5 rings (SSSR count). The molecule has 4 aromatic rings. The van der Waals surface area contributed by atoms with E-state index in [4.69, 9.17) is 0 Å². The molecule has 31 heavy (non-hydrogen) atoms. The summed E-state index contributed by atoms with van der Waals surface area (Å²) in [6.45, 7) is 1.81.